The Morgan fingerprint density at radius 2 is 0.982 bits per heavy atom. The Morgan fingerprint density at radius 1 is 0.382 bits per heavy atom. The van der Waals surface area contributed by atoms with Crippen LogP contribution in [0.3, 0.4) is 0 Å². The van der Waals surface area contributed by atoms with Crippen LogP contribution in [-0.2, 0) is 0 Å². The van der Waals surface area contributed by atoms with Crippen molar-refractivity contribution in [2.24, 2.45) is 0 Å². The van der Waals surface area contributed by atoms with E-state index in [9.17, 15) is 0 Å². The lowest BCUT2D eigenvalue weighted by molar-refractivity contribution is 0.672. The molecule has 0 spiro atoms. The molecule has 0 radical (unpaired) electrons. The Morgan fingerprint density at radius 3 is 1.75 bits per heavy atom. The number of anilines is 3. The van der Waals surface area contributed by atoms with Gasteiger partial charge in [0.1, 0.15) is 11.2 Å². The standard InChI is InChI=1S/C52H33NOS/c1-4-14-34(15-5-1)36-26-29-39(30-27-36)53(38-18-8-3-9-19-38)47-24-13-25-48-50(47)46-33-44(40-20-10-11-21-41(40)51(46)54-48)42-22-12-23-43-45-32-37(35-16-6-2-7-17-35)28-31-49(45)55-52(42)43/h1-33H. The highest BCUT2D eigenvalue weighted by molar-refractivity contribution is 7.26. The third kappa shape index (κ3) is 5.24. The number of nitrogens with zero attached hydrogens (tertiary/aromatic N) is 1. The van der Waals surface area contributed by atoms with E-state index in [0.717, 1.165) is 44.4 Å². The van der Waals surface area contributed by atoms with Crippen LogP contribution in [0.4, 0.5) is 17.1 Å². The first-order valence-electron chi connectivity index (χ1n) is 18.7. The Labute approximate surface area is 322 Å². The van der Waals surface area contributed by atoms with Gasteiger partial charge in [-0.3, -0.25) is 0 Å². The lowest BCUT2D eigenvalue weighted by Gasteiger charge is -2.26. The predicted molar refractivity (Wildman–Crippen MR) is 235 cm³/mol. The molecule has 0 unspecified atom stereocenters. The van der Waals surface area contributed by atoms with Crippen LogP contribution in [-0.4, -0.2) is 0 Å². The van der Waals surface area contributed by atoms with Gasteiger partial charge in [-0.25, -0.2) is 0 Å². The molecule has 0 bridgehead atoms. The van der Waals surface area contributed by atoms with Crippen molar-refractivity contribution >= 4 is 81.3 Å². The van der Waals surface area contributed by atoms with Gasteiger partial charge in [-0.05, 0) is 87.8 Å². The first-order valence-corrected chi connectivity index (χ1v) is 19.5. The minimum absolute atomic E-state index is 0.866. The zero-order chi connectivity index (χ0) is 36.3. The lowest BCUT2D eigenvalue weighted by atomic mass is 9.94. The number of hydrogen-bond donors (Lipinski definition) is 0. The highest BCUT2D eigenvalue weighted by Crippen LogP contribution is 2.48. The molecule has 0 aliphatic carbocycles. The normalized spacial score (nSPS) is 11.6. The summed E-state index contributed by atoms with van der Waals surface area (Å²) in [5, 5.41) is 7.07. The number of fused-ring (bicyclic) bond motifs is 8. The maximum atomic E-state index is 6.86. The topological polar surface area (TPSA) is 16.4 Å². The van der Waals surface area contributed by atoms with Crippen molar-refractivity contribution in [2.75, 3.05) is 4.90 Å². The molecule has 3 heteroatoms. The molecule has 2 heterocycles. The number of para-hydroxylation sites is 1. The van der Waals surface area contributed by atoms with E-state index >= 15 is 0 Å². The molecule has 2 aromatic heterocycles. The molecule has 0 N–H and O–H groups in total. The second kappa shape index (κ2) is 12.9. The van der Waals surface area contributed by atoms with Crippen LogP contribution in [0.15, 0.2) is 205 Å². The van der Waals surface area contributed by atoms with Crippen LogP contribution in [0.1, 0.15) is 0 Å². The lowest BCUT2D eigenvalue weighted by Crippen LogP contribution is -2.10. The summed E-state index contributed by atoms with van der Waals surface area (Å²) in [6, 6.07) is 71.9. The zero-order valence-electron chi connectivity index (χ0n) is 29.8. The van der Waals surface area contributed by atoms with E-state index in [0.29, 0.717) is 0 Å². The van der Waals surface area contributed by atoms with E-state index in [4.69, 9.17) is 4.42 Å². The molecule has 11 rings (SSSR count). The molecule has 55 heavy (non-hydrogen) atoms. The fraction of sp³-hybridized carbons (Fsp3) is 0. The Hall–Kier alpha value is -6.94. The summed E-state index contributed by atoms with van der Waals surface area (Å²) in [7, 11) is 0. The zero-order valence-corrected chi connectivity index (χ0v) is 30.6. The summed E-state index contributed by atoms with van der Waals surface area (Å²) in [6.45, 7) is 0. The summed E-state index contributed by atoms with van der Waals surface area (Å²) < 4.78 is 9.45. The van der Waals surface area contributed by atoms with E-state index in [1.807, 2.05) is 11.3 Å². The summed E-state index contributed by atoms with van der Waals surface area (Å²) in [5.41, 5.74) is 12.3. The molecule has 0 aliphatic heterocycles. The molecule has 9 aromatic carbocycles. The van der Waals surface area contributed by atoms with Crippen molar-refractivity contribution in [2.45, 2.75) is 0 Å². The maximum absolute atomic E-state index is 6.86. The molecule has 11 aromatic rings. The van der Waals surface area contributed by atoms with Crippen LogP contribution >= 0.6 is 11.3 Å². The minimum Gasteiger partial charge on any atom is -0.455 e. The fourth-order valence-corrected chi connectivity index (χ4v) is 9.51. The van der Waals surface area contributed by atoms with Crippen molar-refractivity contribution in [1.29, 1.82) is 0 Å². The Kier molecular flexibility index (Phi) is 7.39. The molecule has 0 aliphatic rings. The predicted octanol–water partition coefficient (Wildman–Crippen LogP) is 15.6. The number of thiophene rings is 1. The van der Waals surface area contributed by atoms with Crippen molar-refractivity contribution < 1.29 is 4.42 Å². The van der Waals surface area contributed by atoms with Gasteiger partial charge in [-0.2, -0.15) is 0 Å². The molecule has 258 valence electrons. The molecule has 2 nitrogen and oxygen atoms in total. The highest BCUT2D eigenvalue weighted by Gasteiger charge is 2.23. The van der Waals surface area contributed by atoms with E-state index < -0.39 is 0 Å². The molecule has 0 atom stereocenters. The molecular formula is C52H33NOS. The first kappa shape index (κ1) is 31.6. The van der Waals surface area contributed by atoms with Gasteiger partial charge in [0.25, 0.3) is 0 Å². The second-order valence-electron chi connectivity index (χ2n) is 14.0. The quantitative estimate of drug-likeness (QED) is 0.170. The molecule has 0 amide bonds. The third-order valence-corrected chi connectivity index (χ3v) is 12.1. The van der Waals surface area contributed by atoms with Crippen LogP contribution in [0.25, 0.3) is 86.3 Å². The molecule has 0 fully saturated rings. The number of benzene rings is 9. The fourth-order valence-electron chi connectivity index (χ4n) is 8.30. The van der Waals surface area contributed by atoms with Gasteiger partial charge in [0.2, 0.25) is 0 Å². The highest BCUT2D eigenvalue weighted by atomic mass is 32.1. The van der Waals surface area contributed by atoms with Gasteiger partial charge < -0.3 is 9.32 Å². The van der Waals surface area contributed by atoms with Crippen molar-refractivity contribution in [3.63, 3.8) is 0 Å². The van der Waals surface area contributed by atoms with Crippen LogP contribution in [0, 0.1) is 0 Å². The van der Waals surface area contributed by atoms with E-state index in [-0.39, 0.29) is 0 Å². The monoisotopic (exact) mass is 719 g/mol. The van der Waals surface area contributed by atoms with E-state index in [1.165, 1.54) is 58.9 Å². The molecular weight excluding hydrogens is 687 g/mol. The van der Waals surface area contributed by atoms with Gasteiger partial charge in [-0.15, -0.1) is 11.3 Å². The number of furan rings is 1. The smallest absolute Gasteiger partial charge is 0.143 e. The second-order valence-corrected chi connectivity index (χ2v) is 15.1. The summed E-state index contributed by atoms with van der Waals surface area (Å²) in [5.74, 6) is 0. The van der Waals surface area contributed by atoms with Crippen molar-refractivity contribution in [3.05, 3.63) is 200 Å². The van der Waals surface area contributed by atoms with Gasteiger partial charge >= 0.3 is 0 Å². The van der Waals surface area contributed by atoms with Crippen LogP contribution in [0.2, 0.25) is 0 Å². The Balaban J connectivity index is 1.14. The third-order valence-electron chi connectivity index (χ3n) is 10.9. The number of rotatable bonds is 6. The van der Waals surface area contributed by atoms with E-state index in [1.54, 1.807) is 0 Å². The van der Waals surface area contributed by atoms with Gasteiger partial charge in [-0.1, -0.05) is 146 Å². The average molecular weight is 720 g/mol. The van der Waals surface area contributed by atoms with Crippen molar-refractivity contribution in [3.8, 4) is 33.4 Å². The van der Waals surface area contributed by atoms with Crippen molar-refractivity contribution in [1.82, 2.24) is 0 Å². The maximum Gasteiger partial charge on any atom is 0.143 e. The van der Waals surface area contributed by atoms with Gasteiger partial charge in [0.15, 0.2) is 0 Å². The largest absolute Gasteiger partial charge is 0.455 e. The summed E-state index contributed by atoms with van der Waals surface area (Å²) in [6.07, 6.45) is 0. The van der Waals surface area contributed by atoms with Crippen LogP contribution in [0.5, 0.6) is 0 Å². The summed E-state index contributed by atoms with van der Waals surface area (Å²) in [4.78, 5) is 2.36. The van der Waals surface area contributed by atoms with Gasteiger partial charge in [0.05, 0.1) is 11.1 Å². The van der Waals surface area contributed by atoms with Crippen LogP contribution < -0.4 is 4.90 Å². The van der Waals surface area contributed by atoms with E-state index in [2.05, 4.69) is 205 Å². The first-order chi connectivity index (χ1) is 27.3. The average Bonchev–Trinajstić information content (AvgIpc) is 3.84. The molecule has 0 saturated carbocycles. The molecule has 0 saturated heterocycles. The number of hydrogen-bond acceptors (Lipinski definition) is 3. The van der Waals surface area contributed by atoms with Gasteiger partial charge in [0, 0.05) is 47.9 Å². The Bertz CT molecular complexity index is 3180. The minimum atomic E-state index is 0.866. The SMILES string of the molecule is c1ccc(-c2ccc(N(c3ccccc3)c3cccc4oc5c6ccccc6c(-c6cccc7c6sc6ccc(-c8ccccc8)cc67)cc5c34)cc2)cc1. The summed E-state index contributed by atoms with van der Waals surface area (Å²) >= 11 is 1.88.